The molecule has 0 spiro atoms. The highest BCUT2D eigenvalue weighted by molar-refractivity contribution is 8.00. The molecule has 0 saturated heterocycles. The second-order valence-corrected chi connectivity index (χ2v) is 6.49. The number of carbonyl (C=O) groups is 1. The first-order valence-electron chi connectivity index (χ1n) is 6.65. The zero-order valence-corrected chi connectivity index (χ0v) is 12.7. The van der Waals surface area contributed by atoms with Gasteiger partial charge in [0.05, 0.1) is 12.9 Å². The molecular weight excluding hydrogens is 280 g/mol. The van der Waals surface area contributed by atoms with Crippen molar-refractivity contribution >= 4 is 28.6 Å². The lowest BCUT2D eigenvalue weighted by Crippen LogP contribution is -2.21. The lowest BCUT2D eigenvalue weighted by molar-refractivity contribution is -0.109. The summed E-state index contributed by atoms with van der Waals surface area (Å²) in [5, 5.41) is 0.210. The SMILES string of the molecule is COc1ccccc1C1CCCCC1SCC(=O)Cl. The standard InChI is InChI=1S/C15H19ClO2S/c1-18-13-8-4-2-6-11(13)12-7-3-5-9-14(12)19-10-15(16)17/h2,4,6,8,12,14H,3,5,7,9-10H2,1H3. The summed E-state index contributed by atoms with van der Waals surface area (Å²) in [6.07, 6.45) is 4.79. The largest absolute Gasteiger partial charge is 0.496 e. The normalized spacial score (nSPS) is 23.1. The predicted octanol–water partition coefficient (Wildman–Crippen LogP) is 4.22. The van der Waals surface area contributed by atoms with E-state index in [1.165, 1.54) is 18.4 Å². The van der Waals surface area contributed by atoms with Gasteiger partial charge in [-0.2, -0.15) is 0 Å². The van der Waals surface area contributed by atoms with Crippen molar-refractivity contribution in [2.45, 2.75) is 36.9 Å². The van der Waals surface area contributed by atoms with Crippen molar-refractivity contribution in [2.24, 2.45) is 0 Å². The third-order valence-electron chi connectivity index (χ3n) is 3.65. The van der Waals surface area contributed by atoms with Crippen molar-refractivity contribution in [3.63, 3.8) is 0 Å². The first-order valence-corrected chi connectivity index (χ1v) is 8.08. The highest BCUT2D eigenvalue weighted by Crippen LogP contribution is 2.43. The van der Waals surface area contributed by atoms with E-state index in [0.29, 0.717) is 16.9 Å². The van der Waals surface area contributed by atoms with Gasteiger partial charge in [-0.05, 0) is 42.0 Å². The molecule has 0 heterocycles. The molecule has 0 N–H and O–H groups in total. The van der Waals surface area contributed by atoms with Gasteiger partial charge in [-0.3, -0.25) is 4.79 Å². The molecule has 2 rings (SSSR count). The molecule has 1 aromatic rings. The molecule has 2 nitrogen and oxygen atoms in total. The molecular formula is C15H19ClO2S. The van der Waals surface area contributed by atoms with Crippen LogP contribution in [-0.4, -0.2) is 23.4 Å². The molecule has 0 amide bonds. The fourth-order valence-corrected chi connectivity index (χ4v) is 4.18. The minimum absolute atomic E-state index is 0.255. The summed E-state index contributed by atoms with van der Waals surface area (Å²) in [6, 6.07) is 8.21. The smallest absolute Gasteiger partial charge is 0.231 e. The minimum Gasteiger partial charge on any atom is -0.496 e. The Morgan fingerprint density at radius 2 is 2.11 bits per heavy atom. The molecule has 1 aliphatic rings. The molecule has 4 heteroatoms. The zero-order chi connectivity index (χ0) is 13.7. The first-order chi connectivity index (χ1) is 9.22. The Bertz CT molecular complexity index is 436. The summed E-state index contributed by atoms with van der Waals surface area (Å²) in [5.74, 6) is 1.82. The third kappa shape index (κ3) is 3.90. The van der Waals surface area contributed by atoms with Crippen LogP contribution in [0.4, 0.5) is 0 Å². The molecule has 1 aromatic carbocycles. The number of hydrogen-bond acceptors (Lipinski definition) is 3. The second kappa shape index (κ2) is 7.20. The van der Waals surface area contributed by atoms with Gasteiger partial charge in [-0.25, -0.2) is 0 Å². The summed E-state index contributed by atoms with van der Waals surface area (Å²) in [7, 11) is 1.71. The van der Waals surface area contributed by atoms with Crippen molar-refractivity contribution < 1.29 is 9.53 Å². The molecule has 104 valence electrons. The van der Waals surface area contributed by atoms with Crippen LogP contribution in [0.25, 0.3) is 0 Å². The fourth-order valence-electron chi connectivity index (χ4n) is 2.80. The van der Waals surface area contributed by atoms with E-state index in [1.807, 2.05) is 12.1 Å². The minimum atomic E-state index is -0.255. The van der Waals surface area contributed by atoms with Crippen LogP contribution in [0.5, 0.6) is 5.75 Å². The molecule has 0 radical (unpaired) electrons. The number of carbonyl (C=O) groups excluding carboxylic acids is 1. The number of para-hydroxylation sites is 1. The average molecular weight is 299 g/mol. The van der Waals surface area contributed by atoms with E-state index in [4.69, 9.17) is 16.3 Å². The van der Waals surface area contributed by atoms with Crippen molar-refractivity contribution in [1.82, 2.24) is 0 Å². The van der Waals surface area contributed by atoms with Gasteiger partial charge in [0.2, 0.25) is 5.24 Å². The molecule has 0 bridgehead atoms. The number of methoxy groups -OCH3 is 1. The van der Waals surface area contributed by atoms with E-state index < -0.39 is 0 Å². The lowest BCUT2D eigenvalue weighted by Gasteiger charge is -2.32. The Hall–Kier alpha value is -0.670. The molecule has 1 fully saturated rings. The van der Waals surface area contributed by atoms with E-state index in [1.54, 1.807) is 18.9 Å². The molecule has 1 aliphatic carbocycles. The summed E-state index contributed by atoms with van der Waals surface area (Å²) < 4.78 is 5.47. The van der Waals surface area contributed by atoms with Gasteiger partial charge in [0.25, 0.3) is 0 Å². The second-order valence-electron chi connectivity index (χ2n) is 4.84. The van der Waals surface area contributed by atoms with E-state index in [0.717, 1.165) is 18.6 Å². The topological polar surface area (TPSA) is 26.3 Å². The third-order valence-corrected chi connectivity index (χ3v) is 5.37. The molecule has 0 aliphatic heterocycles. The fraction of sp³-hybridized carbons (Fsp3) is 0.533. The Morgan fingerprint density at radius 1 is 1.37 bits per heavy atom. The van der Waals surface area contributed by atoms with Crippen LogP contribution in [0, 0.1) is 0 Å². The Labute approximate surface area is 123 Å². The van der Waals surface area contributed by atoms with Crippen LogP contribution in [0.15, 0.2) is 24.3 Å². The van der Waals surface area contributed by atoms with Gasteiger partial charge in [0.15, 0.2) is 0 Å². The Kier molecular flexibility index (Phi) is 5.59. The van der Waals surface area contributed by atoms with Gasteiger partial charge in [0, 0.05) is 5.25 Å². The number of benzene rings is 1. The maximum absolute atomic E-state index is 11.0. The van der Waals surface area contributed by atoms with Crippen LogP contribution in [0.2, 0.25) is 0 Å². The molecule has 2 atom stereocenters. The number of hydrogen-bond donors (Lipinski definition) is 0. The van der Waals surface area contributed by atoms with Crippen molar-refractivity contribution in [1.29, 1.82) is 0 Å². The van der Waals surface area contributed by atoms with E-state index in [-0.39, 0.29) is 5.24 Å². The Balaban J connectivity index is 2.16. The average Bonchev–Trinajstić information content (AvgIpc) is 2.45. The predicted molar refractivity (Wildman–Crippen MR) is 81.3 cm³/mol. The molecule has 2 unspecified atom stereocenters. The summed E-state index contributed by atoms with van der Waals surface area (Å²) in [6.45, 7) is 0. The monoisotopic (exact) mass is 298 g/mol. The van der Waals surface area contributed by atoms with E-state index in [2.05, 4.69) is 12.1 Å². The number of ether oxygens (including phenoxy) is 1. The van der Waals surface area contributed by atoms with Gasteiger partial charge in [-0.1, -0.05) is 31.0 Å². The highest BCUT2D eigenvalue weighted by Gasteiger charge is 2.29. The van der Waals surface area contributed by atoms with Gasteiger partial charge < -0.3 is 4.74 Å². The van der Waals surface area contributed by atoms with Crippen molar-refractivity contribution in [3.8, 4) is 5.75 Å². The number of halogens is 1. The van der Waals surface area contributed by atoms with E-state index in [9.17, 15) is 4.79 Å². The lowest BCUT2D eigenvalue weighted by atomic mass is 9.83. The van der Waals surface area contributed by atoms with Gasteiger partial charge >= 0.3 is 0 Å². The van der Waals surface area contributed by atoms with Gasteiger partial charge in [0.1, 0.15) is 5.75 Å². The van der Waals surface area contributed by atoms with Crippen LogP contribution < -0.4 is 4.74 Å². The summed E-state index contributed by atoms with van der Waals surface area (Å²) in [4.78, 5) is 11.0. The van der Waals surface area contributed by atoms with Gasteiger partial charge in [-0.15, -0.1) is 11.8 Å². The van der Waals surface area contributed by atoms with Crippen molar-refractivity contribution in [2.75, 3.05) is 12.9 Å². The Morgan fingerprint density at radius 3 is 2.84 bits per heavy atom. The van der Waals surface area contributed by atoms with Crippen LogP contribution in [0.3, 0.4) is 0 Å². The highest BCUT2D eigenvalue weighted by atomic mass is 35.5. The molecule has 0 aromatic heterocycles. The van der Waals surface area contributed by atoms with E-state index >= 15 is 0 Å². The van der Waals surface area contributed by atoms with Crippen LogP contribution in [-0.2, 0) is 4.79 Å². The quantitative estimate of drug-likeness (QED) is 0.761. The number of thioether (sulfide) groups is 1. The maximum Gasteiger partial charge on any atom is 0.231 e. The summed E-state index contributed by atoms with van der Waals surface area (Å²) in [5.41, 5.74) is 1.27. The van der Waals surface area contributed by atoms with Crippen molar-refractivity contribution in [3.05, 3.63) is 29.8 Å². The first kappa shape index (κ1) is 14.7. The molecule has 19 heavy (non-hydrogen) atoms. The maximum atomic E-state index is 11.0. The van der Waals surface area contributed by atoms with Crippen LogP contribution >= 0.6 is 23.4 Å². The molecule has 1 saturated carbocycles. The number of rotatable bonds is 5. The zero-order valence-electron chi connectivity index (χ0n) is 11.1. The summed E-state index contributed by atoms with van der Waals surface area (Å²) >= 11 is 7.16. The van der Waals surface area contributed by atoms with Crippen LogP contribution in [0.1, 0.15) is 37.2 Å².